The zero-order valence-corrected chi connectivity index (χ0v) is 3.64. The first-order valence-corrected chi connectivity index (χ1v) is 0. The Bertz CT molecular complexity index is 14.0. The van der Waals surface area contributed by atoms with Crippen molar-refractivity contribution in [1.29, 1.82) is 0 Å². The summed E-state index contributed by atoms with van der Waals surface area (Å²) in [4.78, 5) is 0. The summed E-state index contributed by atoms with van der Waals surface area (Å²) in [5, 5.41) is 0. The van der Waals surface area contributed by atoms with Crippen LogP contribution >= 0.6 is 0 Å². The van der Waals surface area contributed by atoms with E-state index in [2.05, 4.69) is 0 Å². The molecule has 0 fully saturated rings. The molecule has 0 N–H and O–H groups in total. The van der Waals surface area contributed by atoms with Crippen molar-refractivity contribution in [3.05, 3.63) is 0 Å². The van der Waals surface area contributed by atoms with Crippen molar-refractivity contribution in [2.24, 2.45) is 0 Å². The Labute approximate surface area is 49.0 Å². The monoisotopic (exact) mass is 77.0 g/mol. The second kappa shape index (κ2) is 46.9. The standard InChI is InChI=1S/Be.2FH.Mg.4H/h;2*1H;;;;;/q+2;;;+2;4*-1. The van der Waals surface area contributed by atoms with Gasteiger partial charge in [0.15, 0.2) is 0 Å². The van der Waals surface area contributed by atoms with E-state index >= 15 is 0 Å². The van der Waals surface area contributed by atoms with Gasteiger partial charge in [-0.2, -0.15) is 0 Å². The molecule has 0 atom stereocenters. The Kier molecular flexibility index (Phi) is 1280. The molecule has 0 spiro atoms. The van der Waals surface area contributed by atoms with Crippen LogP contribution in [-0.2, 0) is 0 Å². The van der Waals surface area contributed by atoms with E-state index in [0.717, 1.165) is 0 Å². The topological polar surface area (TPSA) is 0 Å². The van der Waals surface area contributed by atoms with Crippen LogP contribution in [-0.4, -0.2) is 33.2 Å². The first-order chi connectivity index (χ1) is 0. The van der Waals surface area contributed by atoms with E-state index in [9.17, 15) is 0 Å². The van der Waals surface area contributed by atoms with E-state index in [4.69, 9.17) is 0 Å². The third kappa shape index (κ3) is 14.2. The van der Waals surface area contributed by atoms with Crippen molar-refractivity contribution in [2.75, 3.05) is 0 Å². The van der Waals surface area contributed by atoms with Gasteiger partial charge in [0.25, 0.3) is 0 Å². The molecule has 0 bridgehead atoms. The van der Waals surface area contributed by atoms with Crippen molar-refractivity contribution in [1.82, 2.24) is 0 Å². The molecule has 24 valence electrons. The summed E-state index contributed by atoms with van der Waals surface area (Å²) in [5.74, 6) is 0. The van der Waals surface area contributed by atoms with E-state index in [0.29, 0.717) is 0 Å². The molecule has 0 saturated heterocycles. The molecule has 0 nitrogen and oxygen atoms in total. The summed E-state index contributed by atoms with van der Waals surface area (Å²) in [7, 11) is 0. The summed E-state index contributed by atoms with van der Waals surface area (Å²) < 4.78 is 0. The Balaban J connectivity index is 0. The normalized spacial score (nSPS) is 0. The van der Waals surface area contributed by atoms with Gasteiger partial charge in [0.1, 0.15) is 0 Å². The predicted molar refractivity (Wildman–Crippen MR) is 21.0 cm³/mol. The SMILES string of the molecule is F.F.[Be+2].[H-].[H-].[H-].[H-].[Mg+2]. The fourth-order valence-electron chi connectivity index (χ4n) is 0. The van der Waals surface area contributed by atoms with Crippen molar-refractivity contribution < 1.29 is 15.1 Å². The molecular formula is H6BeF2Mg. The van der Waals surface area contributed by atoms with Crippen LogP contribution < -0.4 is 0 Å². The van der Waals surface area contributed by atoms with Gasteiger partial charge in [-0.1, -0.05) is 0 Å². The van der Waals surface area contributed by atoms with E-state index in [-0.39, 0.29) is 48.3 Å². The summed E-state index contributed by atoms with van der Waals surface area (Å²) in [6.45, 7) is 0. The molecule has 0 aliphatic rings. The quantitative estimate of drug-likeness (QED) is 0.357. The molecule has 0 aliphatic carbocycles. The third-order valence-electron chi connectivity index (χ3n) is 0. The Morgan fingerprint density at radius 1 is 1.00 bits per heavy atom. The van der Waals surface area contributed by atoms with Gasteiger partial charge in [-0.25, -0.2) is 0 Å². The van der Waals surface area contributed by atoms with Crippen LogP contribution in [0.15, 0.2) is 0 Å². The van der Waals surface area contributed by atoms with Crippen LogP contribution in [0.4, 0.5) is 9.41 Å². The summed E-state index contributed by atoms with van der Waals surface area (Å²) in [6.07, 6.45) is 0. The second-order valence-electron chi connectivity index (χ2n) is 0. The van der Waals surface area contributed by atoms with Gasteiger partial charge in [-0.3, -0.25) is 9.41 Å². The Hall–Kier alpha value is 0.795. The molecule has 0 heterocycles. The average Bonchev–Trinajstić information content (AvgIpc) is 0. The van der Waals surface area contributed by atoms with Crippen LogP contribution in [0.25, 0.3) is 0 Å². The van der Waals surface area contributed by atoms with Crippen molar-refractivity contribution in [2.45, 2.75) is 0 Å². The number of hydrogen-bond donors (Lipinski definition) is 0. The predicted octanol–water partition coefficient (Wildman–Crippen LogP) is -0.00660. The maximum absolute atomic E-state index is 0. The maximum Gasteiger partial charge on any atom is 2.00 e. The van der Waals surface area contributed by atoms with E-state index < -0.39 is 0 Å². The third-order valence-corrected chi connectivity index (χ3v) is 0. The van der Waals surface area contributed by atoms with Crippen LogP contribution in [0.5, 0.6) is 0 Å². The molecule has 0 aromatic carbocycles. The van der Waals surface area contributed by atoms with Gasteiger partial charge in [0.2, 0.25) is 0 Å². The average molecular weight is 77.4 g/mol. The summed E-state index contributed by atoms with van der Waals surface area (Å²) in [6, 6.07) is 0. The van der Waals surface area contributed by atoms with Crippen molar-refractivity contribution in [3.8, 4) is 0 Å². The van der Waals surface area contributed by atoms with E-state index in [1.165, 1.54) is 0 Å². The minimum atomic E-state index is 0. The van der Waals surface area contributed by atoms with Crippen LogP contribution in [0, 0.1) is 0 Å². The van der Waals surface area contributed by atoms with Crippen molar-refractivity contribution >= 4 is 33.2 Å². The maximum atomic E-state index is 0. The van der Waals surface area contributed by atoms with Gasteiger partial charge in [-0.15, -0.1) is 0 Å². The smallest absolute Gasteiger partial charge is 1.00 e. The molecule has 0 amide bonds. The van der Waals surface area contributed by atoms with Gasteiger partial charge in [0.05, 0.1) is 0 Å². The number of halogens is 2. The van der Waals surface area contributed by atoms with Gasteiger partial charge < -0.3 is 5.71 Å². The first kappa shape index (κ1) is 109. The summed E-state index contributed by atoms with van der Waals surface area (Å²) in [5.41, 5.74) is 0. The number of hydrogen-bond acceptors (Lipinski definition) is 0. The summed E-state index contributed by atoms with van der Waals surface area (Å²) >= 11 is 0. The molecule has 0 radical (unpaired) electrons. The van der Waals surface area contributed by atoms with E-state index in [1.807, 2.05) is 0 Å². The van der Waals surface area contributed by atoms with Crippen LogP contribution in [0.1, 0.15) is 5.71 Å². The van der Waals surface area contributed by atoms with Crippen molar-refractivity contribution in [3.63, 3.8) is 0 Å². The van der Waals surface area contributed by atoms with E-state index in [1.54, 1.807) is 0 Å². The minimum absolute atomic E-state index is 0. The largest absolute Gasteiger partial charge is 2.00 e. The molecule has 0 saturated carbocycles. The zero-order chi connectivity index (χ0) is 0. The minimum Gasteiger partial charge on any atom is -1.00 e. The molecule has 0 rings (SSSR count). The molecule has 4 heteroatoms. The molecule has 0 unspecified atom stereocenters. The number of rotatable bonds is 0. The van der Waals surface area contributed by atoms with Gasteiger partial charge in [-0.05, 0) is 0 Å². The Morgan fingerprint density at radius 2 is 1.00 bits per heavy atom. The second-order valence-corrected chi connectivity index (χ2v) is 0. The molecule has 0 aromatic heterocycles. The molecule has 0 aromatic rings. The van der Waals surface area contributed by atoms with Gasteiger partial charge >= 0.3 is 33.2 Å². The zero-order valence-electron chi connectivity index (χ0n) is 6.23. The molecular weight excluding hydrogens is 71.3 g/mol. The molecule has 4 heavy (non-hydrogen) atoms. The van der Waals surface area contributed by atoms with Crippen LogP contribution in [0.3, 0.4) is 0 Å². The Morgan fingerprint density at radius 3 is 1.00 bits per heavy atom. The fraction of sp³-hybridized carbons (Fsp3) is 0. The molecule has 0 aliphatic heterocycles. The van der Waals surface area contributed by atoms with Gasteiger partial charge in [0, 0.05) is 0 Å². The van der Waals surface area contributed by atoms with Crippen LogP contribution in [0.2, 0.25) is 0 Å². The first-order valence-electron chi connectivity index (χ1n) is 0. The fourth-order valence-corrected chi connectivity index (χ4v) is 0.